The molecule has 0 aliphatic carbocycles. The number of carbonyl (C=O) groups excluding carboxylic acids is 1. The average molecular weight is 308 g/mol. The Hall–Kier alpha value is -3.26. The Bertz CT molecular complexity index is 762. The van der Waals surface area contributed by atoms with Gasteiger partial charge in [0.1, 0.15) is 23.1 Å². The second kappa shape index (κ2) is 7.66. The van der Waals surface area contributed by atoms with Crippen molar-refractivity contribution in [1.82, 2.24) is 5.32 Å². The Morgan fingerprint density at radius 1 is 1.30 bits per heavy atom. The molecule has 5 nitrogen and oxygen atoms in total. The van der Waals surface area contributed by atoms with Crippen molar-refractivity contribution in [3.05, 3.63) is 65.2 Å². The van der Waals surface area contributed by atoms with Gasteiger partial charge in [-0.3, -0.25) is 4.79 Å². The summed E-state index contributed by atoms with van der Waals surface area (Å²) in [7, 11) is 1.50. The lowest BCUT2D eigenvalue weighted by Crippen LogP contribution is -2.23. The number of phenolic OH excluding ortho intramolecular Hbond substituents is 1. The lowest BCUT2D eigenvalue weighted by Gasteiger charge is -2.06. The molecule has 0 unspecified atom stereocenters. The van der Waals surface area contributed by atoms with E-state index in [1.165, 1.54) is 19.3 Å². The summed E-state index contributed by atoms with van der Waals surface area (Å²) in [6.07, 6.45) is 1.33. The number of nitrogens with zero attached hydrogens (tertiary/aromatic N) is 1. The van der Waals surface area contributed by atoms with Gasteiger partial charge >= 0.3 is 0 Å². The molecule has 0 saturated heterocycles. The predicted molar refractivity (Wildman–Crippen MR) is 86.5 cm³/mol. The standard InChI is InChI=1S/C18H16N2O3/c1-23-16-7-8-17(21)14(10-16)9-15(11-19)18(22)20-12-13-5-3-2-4-6-13/h2-10,21H,12H2,1H3,(H,20,22)/b15-9-. The Morgan fingerprint density at radius 2 is 2.04 bits per heavy atom. The van der Waals surface area contributed by atoms with E-state index >= 15 is 0 Å². The zero-order valence-corrected chi connectivity index (χ0v) is 12.6. The molecule has 2 aromatic carbocycles. The molecule has 0 spiro atoms. The lowest BCUT2D eigenvalue weighted by molar-refractivity contribution is -0.117. The molecule has 2 N–H and O–H groups in total. The van der Waals surface area contributed by atoms with Crippen molar-refractivity contribution in [1.29, 1.82) is 5.26 Å². The lowest BCUT2D eigenvalue weighted by atomic mass is 10.1. The van der Waals surface area contributed by atoms with Crippen molar-refractivity contribution in [2.75, 3.05) is 7.11 Å². The highest BCUT2D eigenvalue weighted by molar-refractivity contribution is 6.01. The number of ether oxygens (including phenoxy) is 1. The van der Waals surface area contributed by atoms with Crippen LogP contribution in [0.4, 0.5) is 0 Å². The van der Waals surface area contributed by atoms with Crippen LogP contribution in [0.15, 0.2) is 54.1 Å². The number of nitriles is 1. The van der Waals surface area contributed by atoms with Gasteiger partial charge in [0.25, 0.3) is 5.91 Å². The zero-order chi connectivity index (χ0) is 16.7. The van der Waals surface area contributed by atoms with Gasteiger partial charge in [0, 0.05) is 12.1 Å². The maximum Gasteiger partial charge on any atom is 0.262 e. The number of nitrogens with one attached hydrogen (secondary N) is 1. The molecule has 1 amide bonds. The summed E-state index contributed by atoms with van der Waals surface area (Å²) in [5, 5.41) is 21.7. The second-order valence-electron chi connectivity index (χ2n) is 4.76. The van der Waals surface area contributed by atoms with Gasteiger partial charge in [-0.2, -0.15) is 5.26 Å². The summed E-state index contributed by atoms with van der Waals surface area (Å²) in [6, 6.07) is 15.8. The van der Waals surface area contributed by atoms with E-state index in [4.69, 9.17) is 4.74 Å². The molecule has 0 heterocycles. The van der Waals surface area contributed by atoms with Gasteiger partial charge in [-0.15, -0.1) is 0 Å². The van der Waals surface area contributed by atoms with Crippen LogP contribution in [0.3, 0.4) is 0 Å². The van der Waals surface area contributed by atoms with Gasteiger partial charge in [0.05, 0.1) is 7.11 Å². The fourth-order valence-electron chi connectivity index (χ4n) is 1.95. The molecule has 2 rings (SSSR count). The number of benzene rings is 2. The highest BCUT2D eigenvalue weighted by Gasteiger charge is 2.10. The number of hydrogen-bond acceptors (Lipinski definition) is 4. The molecule has 0 atom stereocenters. The number of rotatable bonds is 5. The van der Waals surface area contributed by atoms with E-state index in [1.807, 2.05) is 36.4 Å². The number of amides is 1. The predicted octanol–water partition coefficient (Wildman–Crippen LogP) is 2.62. The van der Waals surface area contributed by atoms with Gasteiger partial charge < -0.3 is 15.2 Å². The van der Waals surface area contributed by atoms with Crippen LogP contribution in [0.25, 0.3) is 6.08 Å². The molecule has 0 bridgehead atoms. The van der Waals surface area contributed by atoms with Crippen LogP contribution >= 0.6 is 0 Å². The molecule has 2 aromatic rings. The van der Waals surface area contributed by atoms with Crippen molar-refractivity contribution in [3.8, 4) is 17.6 Å². The molecule has 0 aliphatic heterocycles. The molecule has 23 heavy (non-hydrogen) atoms. The normalized spacial score (nSPS) is 10.7. The summed E-state index contributed by atoms with van der Waals surface area (Å²) in [4.78, 5) is 12.1. The van der Waals surface area contributed by atoms with Crippen molar-refractivity contribution in [2.24, 2.45) is 0 Å². The first kappa shape index (κ1) is 16.1. The Labute approximate surface area is 134 Å². The first-order valence-electron chi connectivity index (χ1n) is 6.95. The maximum absolute atomic E-state index is 12.1. The first-order chi connectivity index (χ1) is 11.1. The van der Waals surface area contributed by atoms with Gasteiger partial charge in [0.2, 0.25) is 0 Å². The number of methoxy groups -OCH3 is 1. The Balaban J connectivity index is 2.15. The van der Waals surface area contributed by atoms with Gasteiger partial charge in [-0.25, -0.2) is 0 Å². The minimum absolute atomic E-state index is 0.0330. The highest BCUT2D eigenvalue weighted by Crippen LogP contribution is 2.25. The maximum atomic E-state index is 12.1. The number of hydrogen-bond donors (Lipinski definition) is 2. The monoisotopic (exact) mass is 308 g/mol. The van der Waals surface area contributed by atoms with Crippen LogP contribution in [0.5, 0.6) is 11.5 Å². The molecule has 0 fully saturated rings. The van der Waals surface area contributed by atoms with Gasteiger partial charge in [0.15, 0.2) is 0 Å². The summed E-state index contributed by atoms with van der Waals surface area (Å²) in [6.45, 7) is 0.322. The molecule has 5 heteroatoms. The SMILES string of the molecule is COc1ccc(O)c(/C=C(/C#N)C(=O)NCc2ccccc2)c1. The molecular weight excluding hydrogens is 292 g/mol. The van der Waals surface area contributed by atoms with E-state index in [0.29, 0.717) is 17.9 Å². The summed E-state index contributed by atoms with van der Waals surface area (Å²) in [5.74, 6) is -0.0102. The quantitative estimate of drug-likeness (QED) is 0.657. The van der Waals surface area contributed by atoms with Crippen molar-refractivity contribution >= 4 is 12.0 Å². The van der Waals surface area contributed by atoms with Crippen LogP contribution in [0, 0.1) is 11.3 Å². The largest absolute Gasteiger partial charge is 0.507 e. The molecular formula is C18H16N2O3. The van der Waals surface area contributed by atoms with Crippen LogP contribution < -0.4 is 10.1 Å². The van der Waals surface area contributed by atoms with E-state index in [-0.39, 0.29) is 11.3 Å². The van der Waals surface area contributed by atoms with Gasteiger partial charge in [-0.1, -0.05) is 30.3 Å². The van der Waals surface area contributed by atoms with Crippen LogP contribution in [0.2, 0.25) is 0 Å². The molecule has 0 radical (unpaired) electrons. The fourth-order valence-corrected chi connectivity index (χ4v) is 1.95. The van der Waals surface area contributed by atoms with Gasteiger partial charge in [-0.05, 0) is 29.8 Å². The topological polar surface area (TPSA) is 82.3 Å². The highest BCUT2D eigenvalue weighted by atomic mass is 16.5. The van der Waals surface area contributed by atoms with E-state index in [0.717, 1.165) is 5.56 Å². The van der Waals surface area contributed by atoms with Crippen molar-refractivity contribution < 1.29 is 14.6 Å². The van der Waals surface area contributed by atoms with Crippen LogP contribution in [0.1, 0.15) is 11.1 Å². The van der Waals surface area contributed by atoms with E-state index in [9.17, 15) is 15.2 Å². The second-order valence-corrected chi connectivity index (χ2v) is 4.76. The van der Waals surface area contributed by atoms with E-state index in [2.05, 4.69) is 5.32 Å². The molecule has 0 aliphatic rings. The molecule has 116 valence electrons. The third kappa shape index (κ3) is 4.35. The number of aromatic hydroxyl groups is 1. The Kier molecular flexibility index (Phi) is 5.37. The summed E-state index contributed by atoms with van der Waals surface area (Å²) >= 11 is 0. The van der Waals surface area contributed by atoms with Crippen molar-refractivity contribution in [3.63, 3.8) is 0 Å². The average Bonchev–Trinajstić information content (AvgIpc) is 2.59. The Morgan fingerprint density at radius 3 is 2.70 bits per heavy atom. The minimum Gasteiger partial charge on any atom is -0.507 e. The number of carbonyl (C=O) groups is 1. The zero-order valence-electron chi connectivity index (χ0n) is 12.6. The van der Waals surface area contributed by atoms with Crippen LogP contribution in [-0.4, -0.2) is 18.1 Å². The molecule has 0 saturated carbocycles. The third-order valence-corrected chi connectivity index (χ3v) is 3.20. The smallest absolute Gasteiger partial charge is 0.262 e. The van der Waals surface area contributed by atoms with Crippen LogP contribution in [-0.2, 0) is 11.3 Å². The van der Waals surface area contributed by atoms with E-state index in [1.54, 1.807) is 12.1 Å². The molecule has 0 aromatic heterocycles. The summed E-state index contributed by atoms with van der Waals surface area (Å²) in [5.41, 5.74) is 1.18. The third-order valence-electron chi connectivity index (χ3n) is 3.20. The van der Waals surface area contributed by atoms with Crippen molar-refractivity contribution in [2.45, 2.75) is 6.54 Å². The first-order valence-corrected chi connectivity index (χ1v) is 6.95. The number of phenols is 1. The fraction of sp³-hybridized carbons (Fsp3) is 0.111. The summed E-state index contributed by atoms with van der Waals surface area (Å²) < 4.78 is 5.07. The van der Waals surface area contributed by atoms with E-state index < -0.39 is 5.91 Å². The minimum atomic E-state index is -0.501.